The Morgan fingerprint density at radius 3 is 2.88 bits per heavy atom. The van der Waals surface area contributed by atoms with Crippen LogP contribution in [0.5, 0.6) is 0 Å². The van der Waals surface area contributed by atoms with E-state index in [2.05, 4.69) is 53.3 Å². The molecule has 1 atom stereocenters. The number of hydrogen-bond donors (Lipinski definition) is 0. The zero-order chi connectivity index (χ0) is 16.5. The molecular weight excluding hydrogens is 314 g/mol. The van der Waals surface area contributed by atoms with Gasteiger partial charge >= 0.3 is 0 Å². The summed E-state index contributed by atoms with van der Waals surface area (Å²) in [5, 5.41) is 3.69. The highest BCUT2D eigenvalue weighted by Crippen LogP contribution is 2.44. The molecule has 4 rings (SSSR count). The van der Waals surface area contributed by atoms with Crippen molar-refractivity contribution in [1.29, 1.82) is 0 Å². The molecule has 0 spiro atoms. The van der Waals surface area contributed by atoms with Crippen LogP contribution in [0.3, 0.4) is 0 Å². The van der Waals surface area contributed by atoms with E-state index in [0.29, 0.717) is 5.25 Å². The minimum absolute atomic E-state index is 0.424. The number of nitrogens with zero attached hydrogens (tertiary/aromatic N) is 3. The van der Waals surface area contributed by atoms with Gasteiger partial charge in [0, 0.05) is 40.2 Å². The number of thioether (sulfide) groups is 1. The van der Waals surface area contributed by atoms with Crippen LogP contribution in [0.15, 0.2) is 66.1 Å². The monoisotopic (exact) mass is 331 g/mol. The molecule has 4 heterocycles. The average molecular weight is 331 g/mol. The van der Waals surface area contributed by atoms with Crippen molar-refractivity contribution in [2.75, 3.05) is 0 Å². The number of aromatic nitrogens is 3. The summed E-state index contributed by atoms with van der Waals surface area (Å²) in [5.74, 6) is 0. The Bertz CT molecular complexity index is 976. The second-order valence-electron chi connectivity index (χ2n) is 5.75. The lowest BCUT2D eigenvalue weighted by Gasteiger charge is -2.05. The minimum atomic E-state index is 0.424. The molecule has 0 amide bonds. The van der Waals surface area contributed by atoms with E-state index >= 15 is 0 Å². The second-order valence-corrected chi connectivity index (χ2v) is 7.08. The Hall–Kier alpha value is -2.46. The summed E-state index contributed by atoms with van der Waals surface area (Å²) in [6.07, 6.45) is 11.9. The summed E-state index contributed by atoms with van der Waals surface area (Å²) >= 11 is 1.81. The summed E-state index contributed by atoms with van der Waals surface area (Å²) in [6, 6.07) is 8.25. The quantitative estimate of drug-likeness (QED) is 0.651. The van der Waals surface area contributed by atoms with Crippen molar-refractivity contribution in [2.24, 2.45) is 0 Å². The van der Waals surface area contributed by atoms with E-state index in [4.69, 9.17) is 4.98 Å². The van der Waals surface area contributed by atoms with E-state index in [0.717, 1.165) is 27.2 Å². The molecule has 0 aromatic carbocycles. The molecule has 0 bridgehead atoms. The van der Waals surface area contributed by atoms with Gasteiger partial charge in [-0.1, -0.05) is 30.0 Å². The number of rotatable bonds is 2. The molecule has 1 unspecified atom stereocenters. The number of hydrogen-bond acceptors (Lipinski definition) is 4. The molecule has 0 saturated heterocycles. The Balaban J connectivity index is 1.77. The van der Waals surface area contributed by atoms with E-state index in [-0.39, 0.29) is 0 Å². The fraction of sp³-hybridized carbons (Fsp3) is 0.150. The molecule has 24 heavy (non-hydrogen) atoms. The topological polar surface area (TPSA) is 38.7 Å². The van der Waals surface area contributed by atoms with Crippen molar-refractivity contribution in [2.45, 2.75) is 24.1 Å². The molecule has 3 nitrogen and oxygen atoms in total. The van der Waals surface area contributed by atoms with Gasteiger partial charge in [0.15, 0.2) is 0 Å². The third kappa shape index (κ3) is 2.63. The van der Waals surface area contributed by atoms with Crippen LogP contribution in [-0.2, 0) is 0 Å². The first kappa shape index (κ1) is 15.1. The molecule has 3 aromatic heterocycles. The largest absolute Gasteiger partial charge is 0.264 e. The first-order valence-electron chi connectivity index (χ1n) is 7.97. The molecule has 0 saturated carbocycles. The fourth-order valence-corrected chi connectivity index (χ4v) is 4.02. The summed E-state index contributed by atoms with van der Waals surface area (Å²) in [5.41, 5.74) is 4.36. The molecule has 3 aromatic rings. The lowest BCUT2D eigenvalue weighted by Crippen LogP contribution is -1.92. The van der Waals surface area contributed by atoms with Gasteiger partial charge in [-0.2, -0.15) is 0 Å². The van der Waals surface area contributed by atoms with Crippen molar-refractivity contribution in [3.8, 4) is 11.4 Å². The zero-order valence-corrected chi connectivity index (χ0v) is 14.4. The maximum Gasteiger partial charge on any atom is 0.105 e. The SMILES string of the molecule is C/C=C\C=C1\c2ccc(-c3cc4cnccc4cn3)nc2SC1C. The van der Waals surface area contributed by atoms with Gasteiger partial charge in [-0.05, 0) is 43.7 Å². The highest BCUT2D eigenvalue weighted by Gasteiger charge is 2.25. The van der Waals surface area contributed by atoms with Gasteiger partial charge in [0.1, 0.15) is 5.03 Å². The van der Waals surface area contributed by atoms with Gasteiger partial charge in [-0.15, -0.1) is 0 Å². The standard InChI is InChI=1S/C20H17N3S/c1-3-4-5-16-13(2)24-20-17(16)6-7-18(23-20)19-10-15-11-21-9-8-14(15)12-22-19/h3-13H,1-2H3/b4-3-,16-5+. The van der Waals surface area contributed by atoms with Crippen LogP contribution in [0.4, 0.5) is 0 Å². The molecule has 1 aliphatic rings. The fourth-order valence-electron chi connectivity index (χ4n) is 2.89. The zero-order valence-electron chi connectivity index (χ0n) is 13.6. The lowest BCUT2D eigenvalue weighted by molar-refractivity contribution is 1.12. The van der Waals surface area contributed by atoms with Crippen LogP contribution in [0, 0.1) is 0 Å². The summed E-state index contributed by atoms with van der Waals surface area (Å²) < 4.78 is 0. The predicted octanol–water partition coefficient (Wildman–Crippen LogP) is 5.15. The Morgan fingerprint density at radius 2 is 2.00 bits per heavy atom. The molecule has 0 aliphatic carbocycles. The number of fused-ring (bicyclic) bond motifs is 2. The second kappa shape index (κ2) is 6.21. The number of pyridine rings is 3. The molecule has 4 heteroatoms. The maximum atomic E-state index is 4.85. The van der Waals surface area contributed by atoms with Gasteiger partial charge in [0.25, 0.3) is 0 Å². The van der Waals surface area contributed by atoms with Crippen LogP contribution in [0.1, 0.15) is 19.4 Å². The summed E-state index contributed by atoms with van der Waals surface area (Å²) in [7, 11) is 0. The Morgan fingerprint density at radius 1 is 1.08 bits per heavy atom. The van der Waals surface area contributed by atoms with Gasteiger partial charge in [0.05, 0.1) is 11.4 Å². The van der Waals surface area contributed by atoms with Gasteiger partial charge in [0.2, 0.25) is 0 Å². The molecule has 0 fully saturated rings. The first-order chi connectivity index (χ1) is 11.8. The third-order valence-corrected chi connectivity index (χ3v) is 5.29. The van der Waals surface area contributed by atoms with Crippen molar-refractivity contribution < 1.29 is 0 Å². The predicted molar refractivity (Wildman–Crippen MR) is 101 cm³/mol. The van der Waals surface area contributed by atoms with E-state index in [1.807, 2.05) is 37.1 Å². The smallest absolute Gasteiger partial charge is 0.105 e. The Kier molecular flexibility index (Phi) is 3.90. The van der Waals surface area contributed by atoms with Crippen LogP contribution in [0.2, 0.25) is 0 Å². The van der Waals surface area contributed by atoms with Crippen LogP contribution < -0.4 is 0 Å². The molecule has 1 aliphatic heterocycles. The van der Waals surface area contributed by atoms with Gasteiger partial charge < -0.3 is 0 Å². The average Bonchev–Trinajstić information content (AvgIpc) is 2.93. The molecular formula is C20H17N3S. The normalized spacial score (nSPS) is 18.6. The van der Waals surface area contributed by atoms with Crippen molar-refractivity contribution in [1.82, 2.24) is 15.0 Å². The molecule has 0 radical (unpaired) electrons. The van der Waals surface area contributed by atoms with Crippen molar-refractivity contribution in [3.63, 3.8) is 0 Å². The summed E-state index contributed by atoms with van der Waals surface area (Å²) in [4.78, 5) is 13.6. The summed E-state index contributed by atoms with van der Waals surface area (Å²) in [6.45, 7) is 4.26. The van der Waals surface area contributed by atoms with Crippen molar-refractivity contribution in [3.05, 3.63) is 66.6 Å². The number of allylic oxidation sites excluding steroid dienone is 3. The van der Waals surface area contributed by atoms with E-state index in [1.54, 1.807) is 6.20 Å². The molecule has 0 N–H and O–H groups in total. The Labute approximate surface area is 145 Å². The van der Waals surface area contributed by atoms with E-state index in [9.17, 15) is 0 Å². The van der Waals surface area contributed by atoms with Crippen LogP contribution in [0.25, 0.3) is 27.7 Å². The molecule has 118 valence electrons. The maximum absolute atomic E-state index is 4.85. The van der Waals surface area contributed by atoms with Crippen LogP contribution in [-0.4, -0.2) is 20.2 Å². The first-order valence-corrected chi connectivity index (χ1v) is 8.85. The van der Waals surface area contributed by atoms with Gasteiger partial charge in [-0.25, -0.2) is 4.98 Å². The van der Waals surface area contributed by atoms with Gasteiger partial charge in [-0.3, -0.25) is 9.97 Å². The van der Waals surface area contributed by atoms with E-state index < -0.39 is 0 Å². The lowest BCUT2D eigenvalue weighted by atomic mass is 10.0. The van der Waals surface area contributed by atoms with Crippen LogP contribution >= 0.6 is 11.8 Å². The minimum Gasteiger partial charge on any atom is -0.264 e. The van der Waals surface area contributed by atoms with Crippen molar-refractivity contribution >= 4 is 28.1 Å². The van der Waals surface area contributed by atoms with E-state index in [1.165, 1.54) is 11.1 Å². The highest BCUT2D eigenvalue weighted by atomic mass is 32.2. The highest BCUT2D eigenvalue weighted by molar-refractivity contribution is 8.00. The third-order valence-electron chi connectivity index (χ3n) is 4.15.